The molecule has 0 bridgehead atoms. The maximum atomic E-state index is 12.1. The van der Waals surface area contributed by atoms with Gasteiger partial charge in [-0.05, 0) is 51.5 Å². The Morgan fingerprint density at radius 2 is 2.16 bits per heavy atom. The minimum Gasteiger partial charge on any atom is -0.337 e. The monoisotopic (exact) mass is 264 g/mol. The van der Waals surface area contributed by atoms with E-state index in [9.17, 15) is 10.1 Å². The van der Waals surface area contributed by atoms with Crippen LogP contribution in [0.3, 0.4) is 0 Å². The van der Waals surface area contributed by atoms with E-state index in [1.165, 1.54) is 12.8 Å². The summed E-state index contributed by atoms with van der Waals surface area (Å²) in [4.78, 5) is 14.1. The lowest BCUT2D eigenvalue weighted by atomic mass is 10.00. The molecule has 0 spiro atoms. The van der Waals surface area contributed by atoms with Crippen molar-refractivity contribution in [2.24, 2.45) is 11.7 Å². The molecule has 106 valence electrons. The molecular weight excluding hydrogens is 240 g/mol. The van der Waals surface area contributed by atoms with E-state index in [2.05, 4.69) is 11.4 Å². The number of carbonyl (C=O) groups excluding carboxylic acids is 1. The molecule has 1 atom stereocenters. The van der Waals surface area contributed by atoms with Crippen molar-refractivity contribution in [2.45, 2.75) is 50.1 Å². The quantitative estimate of drug-likeness (QED) is 0.736. The summed E-state index contributed by atoms with van der Waals surface area (Å²) in [5, 5.41) is 12.2. The van der Waals surface area contributed by atoms with E-state index < -0.39 is 5.54 Å². The van der Waals surface area contributed by atoms with Crippen molar-refractivity contribution in [1.82, 2.24) is 10.2 Å². The number of nitrogens with zero attached hydrogens (tertiary/aromatic N) is 2. The van der Waals surface area contributed by atoms with E-state index in [0.717, 1.165) is 25.7 Å². The van der Waals surface area contributed by atoms with Crippen LogP contribution in [0.2, 0.25) is 0 Å². The van der Waals surface area contributed by atoms with Gasteiger partial charge in [-0.15, -0.1) is 0 Å². The van der Waals surface area contributed by atoms with Crippen LogP contribution >= 0.6 is 0 Å². The van der Waals surface area contributed by atoms with Crippen molar-refractivity contribution in [3.05, 3.63) is 0 Å². The zero-order valence-corrected chi connectivity index (χ0v) is 11.7. The van der Waals surface area contributed by atoms with Gasteiger partial charge in [-0.1, -0.05) is 0 Å². The molecule has 5 heteroatoms. The number of hydrogen-bond acceptors (Lipinski definition) is 4. The predicted octanol–water partition coefficient (Wildman–Crippen LogP) is 0.608. The molecule has 19 heavy (non-hydrogen) atoms. The Labute approximate surface area is 115 Å². The molecule has 0 aliphatic heterocycles. The Balaban J connectivity index is 1.85. The molecule has 0 aromatic carbocycles. The van der Waals surface area contributed by atoms with Crippen LogP contribution in [0.4, 0.5) is 0 Å². The van der Waals surface area contributed by atoms with Gasteiger partial charge in [-0.25, -0.2) is 0 Å². The number of hydrogen-bond donors (Lipinski definition) is 2. The Morgan fingerprint density at radius 1 is 1.53 bits per heavy atom. The van der Waals surface area contributed by atoms with Gasteiger partial charge < -0.3 is 11.1 Å². The number of likely N-dealkylation sites (N-methyl/N-ethyl adjacent to an activating group) is 1. The van der Waals surface area contributed by atoms with Gasteiger partial charge >= 0.3 is 0 Å². The zero-order chi connectivity index (χ0) is 13.9. The maximum absolute atomic E-state index is 12.1. The highest BCUT2D eigenvalue weighted by Gasteiger charge is 2.37. The Hall–Kier alpha value is -1.12. The average molecular weight is 264 g/mol. The lowest BCUT2D eigenvalue weighted by Gasteiger charge is -2.28. The van der Waals surface area contributed by atoms with Crippen molar-refractivity contribution >= 4 is 5.91 Å². The first-order valence-electron chi connectivity index (χ1n) is 7.23. The molecule has 2 saturated carbocycles. The summed E-state index contributed by atoms with van der Waals surface area (Å²) in [6, 6.07) is 2.58. The van der Waals surface area contributed by atoms with Gasteiger partial charge in [0.15, 0.2) is 0 Å². The van der Waals surface area contributed by atoms with E-state index >= 15 is 0 Å². The summed E-state index contributed by atoms with van der Waals surface area (Å²) in [5.41, 5.74) is 5.17. The van der Waals surface area contributed by atoms with Gasteiger partial charge in [-0.2, -0.15) is 5.26 Å². The molecule has 0 radical (unpaired) electrons. The van der Waals surface area contributed by atoms with Gasteiger partial charge in [0.2, 0.25) is 5.91 Å². The van der Waals surface area contributed by atoms with Crippen LogP contribution in [0.5, 0.6) is 0 Å². The lowest BCUT2D eigenvalue weighted by Crippen LogP contribution is -2.51. The molecule has 2 rings (SSSR count). The van der Waals surface area contributed by atoms with Crippen LogP contribution in [0.15, 0.2) is 0 Å². The fourth-order valence-electron chi connectivity index (χ4n) is 3.11. The van der Waals surface area contributed by atoms with Crippen LogP contribution in [0, 0.1) is 17.2 Å². The third-order valence-electron chi connectivity index (χ3n) is 4.42. The van der Waals surface area contributed by atoms with E-state index in [-0.39, 0.29) is 5.91 Å². The summed E-state index contributed by atoms with van der Waals surface area (Å²) < 4.78 is 0. The van der Waals surface area contributed by atoms with Crippen molar-refractivity contribution < 1.29 is 4.79 Å². The number of nitrogens with one attached hydrogen (secondary N) is 1. The molecule has 3 N–H and O–H groups in total. The Bertz CT molecular complexity index is 366. The molecule has 0 aromatic rings. The second-order valence-electron chi connectivity index (χ2n) is 6.00. The average Bonchev–Trinajstić information content (AvgIpc) is 3.10. The normalized spacial score (nSPS) is 23.1. The molecule has 1 amide bonds. The van der Waals surface area contributed by atoms with Crippen LogP contribution < -0.4 is 11.1 Å². The van der Waals surface area contributed by atoms with E-state index in [1.807, 2.05) is 11.9 Å². The molecular formula is C14H24N4O. The molecule has 0 heterocycles. The lowest BCUT2D eigenvalue weighted by molar-refractivity contribution is -0.123. The highest BCUT2D eigenvalue weighted by molar-refractivity contribution is 5.79. The number of nitrogens with two attached hydrogens (primary N) is 1. The van der Waals surface area contributed by atoms with E-state index in [4.69, 9.17) is 5.73 Å². The summed E-state index contributed by atoms with van der Waals surface area (Å²) in [5.74, 6) is 0.601. The Kier molecular flexibility index (Phi) is 4.43. The number of carbonyl (C=O) groups is 1. The molecule has 1 unspecified atom stereocenters. The van der Waals surface area contributed by atoms with E-state index in [1.54, 1.807) is 0 Å². The smallest absolute Gasteiger partial charge is 0.235 e. The molecule has 0 saturated heterocycles. The fourth-order valence-corrected chi connectivity index (χ4v) is 3.11. The highest BCUT2D eigenvalue weighted by Crippen LogP contribution is 2.34. The number of rotatable bonds is 6. The molecule has 0 aromatic heterocycles. The summed E-state index contributed by atoms with van der Waals surface area (Å²) in [7, 11) is 1.95. The summed E-state index contributed by atoms with van der Waals surface area (Å²) in [6.07, 6.45) is 6.05. The minimum atomic E-state index is -0.615. The fraction of sp³-hybridized carbons (Fsp3) is 0.857. The number of nitriles is 1. The summed E-state index contributed by atoms with van der Waals surface area (Å²) >= 11 is 0. The second kappa shape index (κ2) is 5.89. The third kappa shape index (κ3) is 3.46. The van der Waals surface area contributed by atoms with Gasteiger partial charge in [0.25, 0.3) is 0 Å². The number of amides is 1. The van der Waals surface area contributed by atoms with Gasteiger partial charge in [0.05, 0.1) is 12.6 Å². The van der Waals surface area contributed by atoms with Gasteiger partial charge in [0.1, 0.15) is 5.54 Å². The molecule has 2 aliphatic rings. The first-order valence-corrected chi connectivity index (χ1v) is 7.23. The van der Waals surface area contributed by atoms with Gasteiger partial charge in [-0.3, -0.25) is 9.69 Å². The molecule has 2 aliphatic carbocycles. The maximum Gasteiger partial charge on any atom is 0.235 e. The van der Waals surface area contributed by atoms with Crippen LogP contribution in [0.1, 0.15) is 38.5 Å². The topological polar surface area (TPSA) is 82.2 Å². The largest absolute Gasteiger partial charge is 0.337 e. The molecule has 2 fully saturated rings. The van der Waals surface area contributed by atoms with Crippen molar-refractivity contribution in [3.8, 4) is 6.07 Å². The van der Waals surface area contributed by atoms with Crippen LogP contribution in [0.25, 0.3) is 0 Å². The van der Waals surface area contributed by atoms with Crippen molar-refractivity contribution in [2.75, 3.05) is 20.1 Å². The predicted molar refractivity (Wildman–Crippen MR) is 73.2 cm³/mol. The van der Waals surface area contributed by atoms with E-state index in [0.29, 0.717) is 25.0 Å². The molecule has 5 nitrogen and oxygen atoms in total. The second-order valence-corrected chi connectivity index (χ2v) is 6.00. The SMILES string of the molecule is CN(CC(=O)NC1(C#N)CCCC1)C(CN)C1CC1. The van der Waals surface area contributed by atoms with Crippen LogP contribution in [-0.2, 0) is 4.79 Å². The standard InChI is InChI=1S/C14H24N4O/c1-18(12(8-15)11-4-5-11)9-13(19)17-14(10-16)6-2-3-7-14/h11-12H,2-9,15H2,1H3,(H,17,19). The Morgan fingerprint density at radius 3 is 2.63 bits per heavy atom. The van der Waals surface area contributed by atoms with Crippen molar-refractivity contribution in [3.63, 3.8) is 0 Å². The van der Waals surface area contributed by atoms with Crippen LogP contribution in [-0.4, -0.2) is 42.5 Å². The first kappa shape index (κ1) is 14.3. The van der Waals surface area contributed by atoms with Crippen molar-refractivity contribution in [1.29, 1.82) is 5.26 Å². The summed E-state index contributed by atoms with van der Waals surface area (Å²) in [6.45, 7) is 0.930. The minimum absolute atomic E-state index is 0.0509. The zero-order valence-electron chi connectivity index (χ0n) is 11.7. The van der Waals surface area contributed by atoms with Gasteiger partial charge in [0, 0.05) is 12.6 Å². The first-order chi connectivity index (χ1) is 9.10. The highest BCUT2D eigenvalue weighted by atomic mass is 16.2. The third-order valence-corrected chi connectivity index (χ3v) is 4.42.